The Labute approximate surface area is 120 Å². The van der Waals surface area contributed by atoms with Crippen LogP contribution < -0.4 is 0 Å². The molecule has 106 valence electrons. The van der Waals surface area contributed by atoms with Gasteiger partial charge in [0.05, 0.1) is 11.0 Å². The Morgan fingerprint density at radius 1 is 1.35 bits per heavy atom. The van der Waals surface area contributed by atoms with Crippen molar-refractivity contribution in [3.8, 4) is 0 Å². The van der Waals surface area contributed by atoms with Crippen molar-refractivity contribution in [1.29, 1.82) is 0 Å². The number of nitrogens with one attached hydrogen (secondary N) is 1. The van der Waals surface area contributed by atoms with E-state index in [0.717, 1.165) is 23.0 Å². The molecule has 0 aliphatic heterocycles. The molecule has 0 saturated heterocycles. The molecule has 0 fully saturated rings. The van der Waals surface area contributed by atoms with Crippen LogP contribution in [0.2, 0.25) is 0 Å². The van der Waals surface area contributed by atoms with Gasteiger partial charge in [0.15, 0.2) is 5.16 Å². The smallest absolute Gasteiger partial charge is 0.376 e. The number of ether oxygens (including phenoxy) is 1. The van der Waals surface area contributed by atoms with Crippen LogP contribution in [0.1, 0.15) is 20.3 Å². The van der Waals surface area contributed by atoms with Gasteiger partial charge in [-0.2, -0.15) is 0 Å². The SMILES string of the molecule is CCC(=O)OC(=O)N(CC)Sc1nc2ccccc2[nH]1. The van der Waals surface area contributed by atoms with Crippen LogP contribution in [0.5, 0.6) is 0 Å². The van der Waals surface area contributed by atoms with Crippen molar-refractivity contribution in [2.24, 2.45) is 0 Å². The van der Waals surface area contributed by atoms with Crippen LogP contribution >= 0.6 is 11.9 Å². The van der Waals surface area contributed by atoms with Gasteiger partial charge in [0.1, 0.15) is 0 Å². The first kappa shape index (κ1) is 14.4. The van der Waals surface area contributed by atoms with Gasteiger partial charge in [0, 0.05) is 24.9 Å². The van der Waals surface area contributed by atoms with Gasteiger partial charge in [-0.1, -0.05) is 19.1 Å². The Kier molecular flexibility index (Phi) is 4.62. The first-order chi connectivity index (χ1) is 9.63. The molecule has 1 aromatic heterocycles. The standard InChI is InChI=1S/C13H15N3O3S/c1-3-11(17)19-13(18)16(4-2)20-12-14-9-7-5-6-8-10(9)15-12/h5-8H,3-4H2,1-2H3,(H,14,15). The number of amides is 1. The summed E-state index contributed by atoms with van der Waals surface area (Å²) in [6.07, 6.45) is -0.511. The third-order valence-electron chi connectivity index (χ3n) is 2.54. The fourth-order valence-corrected chi connectivity index (χ4v) is 2.27. The molecule has 1 amide bonds. The lowest BCUT2D eigenvalue weighted by Crippen LogP contribution is -2.27. The van der Waals surface area contributed by atoms with Crippen molar-refractivity contribution in [1.82, 2.24) is 14.3 Å². The van der Waals surface area contributed by atoms with Gasteiger partial charge in [-0.3, -0.25) is 4.79 Å². The summed E-state index contributed by atoms with van der Waals surface area (Å²) < 4.78 is 6.02. The molecule has 0 bridgehead atoms. The average Bonchev–Trinajstić information content (AvgIpc) is 2.86. The van der Waals surface area contributed by atoms with Crippen LogP contribution in [0.25, 0.3) is 11.0 Å². The molecule has 0 spiro atoms. The number of nitrogens with zero attached hydrogens (tertiary/aromatic N) is 2. The minimum Gasteiger partial charge on any atom is -0.376 e. The number of imidazole rings is 1. The lowest BCUT2D eigenvalue weighted by atomic mass is 10.3. The van der Waals surface area contributed by atoms with E-state index in [-0.39, 0.29) is 6.42 Å². The van der Waals surface area contributed by atoms with Crippen molar-refractivity contribution in [3.05, 3.63) is 24.3 Å². The Hall–Kier alpha value is -2.02. The molecule has 0 atom stereocenters. The van der Waals surface area contributed by atoms with E-state index in [0.29, 0.717) is 11.7 Å². The van der Waals surface area contributed by atoms with Crippen LogP contribution in [0.3, 0.4) is 0 Å². The highest BCUT2D eigenvalue weighted by Crippen LogP contribution is 2.23. The maximum absolute atomic E-state index is 11.8. The minimum absolute atomic E-state index is 0.165. The summed E-state index contributed by atoms with van der Waals surface area (Å²) in [5.41, 5.74) is 1.72. The van der Waals surface area contributed by atoms with Gasteiger partial charge in [0.25, 0.3) is 0 Å². The molecule has 1 N–H and O–H groups in total. The van der Waals surface area contributed by atoms with Crippen LogP contribution in [-0.4, -0.2) is 32.9 Å². The van der Waals surface area contributed by atoms with E-state index in [2.05, 4.69) is 14.7 Å². The number of hydrogen-bond acceptors (Lipinski definition) is 5. The molecule has 0 unspecified atom stereocenters. The van der Waals surface area contributed by atoms with Crippen molar-refractivity contribution < 1.29 is 14.3 Å². The summed E-state index contributed by atoms with van der Waals surface area (Å²) in [6.45, 7) is 3.84. The number of carbonyl (C=O) groups is 2. The Morgan fingerprint density at radius 3 is 2.75 bits per heavy atom. The minimum atomic E-state index is -0.676. The van der Waals surface area contributed by atoms with Gasteiger partial charge in [-0.05, 0) is 19.1 Å². The van der Waals surface area contributed by atoms with E-state index in [1.807, 2.05) is 24.3 Å². The summed E-state index contributed by atoms with van der Waals surface area (Å²) in [5, 5.41) is 0.578. The highest BCUT2D eigenvalue weighted by molar-refractivity contribution is 7.97. The zero-order valence-corrected chi connectivity index (χ0v) is 12.1. The molecule has 1 heterocycles. The molecule has 0 saturated carbocycles. The van der Waals surface area contributed by atoms with Crippen LogP contribution in [-0.2, 0) is 9.53 Å². The van der Waals surface area contributed by atoms with E-state index in [9.17, 15) is 9.59 Å². The topological polar surface area (TPSA) is 75.3 Å². The molecule has 2 rings (SSSR count). The summed E-state index contributed by atoms with van der Waals surface area (Å²) in [5.74, 6) is -0.543. The Morgan fingerprint density at radius 2 is 2.10 bits per heavy atom. The van der Waals surface area contributed by atoms with Gasteiger partial charge in [-0.15, -0.1) is 0 Å². The van der Waals surface area contributed by atoms with E-state index in [4.69, 9.17) is 0 Å². The third-order valence-corrected chi connectivity index (χ3v) is 3.54. The molecule has 1 aromatic carbocycles. The summed E-state index contributed by atoms with van der Waals surface area (Å²) in [6, 6.07) is 7.58. The quantitative estimate of drug-likeness (QED) is 0.533. The highest BCUT2D eigenvalue weighted by Gasteiger charge is 2.19. The summed E-state index contributed by atoms with van der Waals surface area (Å²) in [4.78, 5) is 30.4. The fourth-order valence-electron chi connectivity index (χ4n) is 1.53. The molecule has 6 nitrogen and oxygen atoms in total. The molecule has 0 aliphatic rings. The Bertz CT molecular complexity index is 593. The van der Waals surface area contributed by atoms with Gasteiger partial charge in [-0.25, -0.2) is 14.1 Å². The van der Waals surface area contributed by atoms with E-state index in [1.54, 1.807) is 13.8 Å². The average molecular weight is 293 g/mol. The maximum atomic E-state index is 11.8. The van der Waals surface area contributed by atoms with Gasteiger partial charge in [0.2, 0.25) is 0 Å². The maximum Gasteiger partial charge on any atom is 0.427 e. The van der Waals surface area contributed by atoms with Crippen LogP contribution in [0.15, 0.2) is 29.4 Å². The lowest BCUT2D eigenvalue weighted by molar-refractivity contribution is -0.137. The van der Waals surface area contributed by atoms with Crippen molar-refractivity contribution in [2.45, 2.75) is 25.4 Å². The molecule has 7 heteroatoms. The number of para-hydroxylation sites is 2. The number of H-pyrrole nitrogens is 1. The second kappa shape index (κ2) is 6.42. The van der Waals surface area contributed by atoms with E-state index >= 15 is 0 Å². The van der Waals surface area contributed by atoms with Gasteiger partial charge >= 0.3 is 12.1 Å². The first-order valence-corrected chi connectivity index (χ1v) is 7.06. The molecule has 20 heavy (non-hydrogen) atoms. The number of benzene rings is 1. The number of fused-ring (bicyclic) bond motifs is 1. The van der Waals surface area contributed by atoms with Crippen molar-refractivity contribution >= 4 is 35.0 Å². The molecular formula is C13H15N3O3S. The fraction of sp³-hybridized carbons (Fsp3) is 0.308. The van der Waals surface area contributed by atoms with E-state index in [1.165, 1.54) is 4.31 Å². The van der Waals surface area contributed by atoms with Crippen molar-refractivity contribution in [2.75, 3.05) is 6.54 Å². The summed E-state index contributed by atoms with van der Waals surface area (Å²) >= 11 is 1.11. The van der Waals surface area contributed by atoms with Crippen LogP contribution in [0, 0.1) is 0 Å². The normalized spacial score (nSPS) is 10.5. The molecular weight excluding hydrogens is 278 g/mol. The third kappa shape index (κ3) is 3.30. The Balaban J connectivity index is 2.09. The first-order valence-electron chi connectivity index (χ1n) is 6.29. The number of aromatic amines is 1. The highest BCUT2D eigenvalue weighted by atomic mass is 32.2. The lowest BCUT2D eigenvalue weighted by Gasteiger charge is -2.16. The van der Waals surface area contributed by atoms with Crippen LogP contribution in [0.4, 0.5) is 4.79 Å². The number of hydrogen-bond donors (Lipinski definition) is 1. The predicted octanol–water partition coefficient (Wildman–Crippen LogP) is 2.97. The second-order valence-corrected chi connectivity index (χ2v) is 4.95. The molecule has 0 radical (unpaired) electrons. The number of rotatable bonds is 4. The van der Waals surface area contributed by atoms with Crippen molar-refractivity contribution in [3.63, 3.8) is 0 Å². The second-order valence-electron chi connectivity index (χ2n) is 3.94. The monoisotopic (exact) mass is 293 g/mol. The summed E-state index contributed by atoms with van der Waals surface area (Å²) in [7, 11) is 0. The van der Waals surface area contributed by atoms with Gasteiger partial charge < -0.3 is 9.72 Å². The largest absolute Gasteiger partial charge is 0.427 e. The zero-order valence-electron chi connectivity index (χ0n) is 11.3. The zero-order chi connectivity index (χ0) is 14.5. The predicted molar refractivity (Wildman–Crippen MR) is 76.1 cm³/mol. The molecule has 2 aromatic rings. The number of carbonyl (C=O) groups excluding carboxylic acids is 2. The van der Waals surface area contributed by atoms with E-state index < -0.39 is 12.1 Å². The molecule has 0 aliphatic carbocycles. The number of esters is 1. The number of aromatic nitrogens is 2.